The summed E-state index contributed by atoms with van der Waals surface area (Å²) in [5.41, 5.74) is 1.39. The highest BCUT2D eigenvalue weighted by Crippen LogP contribution is 2.26. The summed E-state index contributed by atoms with van der Waals surface area (Å²) in [5.74, 6) is 0.441. The molecule has 1 aromatic carbocycles. The predicted octanol–water partition coefficient (Wildman–Crippen LogP) is 4.36. The fourth-order valence-electron chi connectivity index (χ4n) is 2.01. The third kappa shape index (κ3) is 3.44. The zero-order valence-corrected chi connectivity index (χ0v) is 11.5. The molecule has 1 heterocycles. The van der Waals surface area contributed by atoms with Crippen molar-refractivity contribution in [3.63, 3.8) is 0 Å². The summed E-state index contributed by atoms with van der Waals surface area (Å²) >= 11 is 0. The van der Waals surface area contributed by atoms with Crippen LogP contribution in [-0.4, -0.2) is 13.1 Å². The van der Waals surface area contributed by atoms with Crippen LogP contribution in [0.2, 0.25) is 0 Å². The Hall–Kier alpha value is -1.61. The summed E-state index contributed by atoms with van der Waals surface area (Å²) in [7, 11) is 0. The first kappa shape index (κ1) is 13.8. The van der Waals surface area contributed by atoms with Crippen LogP contribution in [0.1, 0.15) is 32.4 Å². The number of para-hydroxylation sites is 1. The molecule has 2 aromatic rings. The molecule has 19 heavy (non-hydrogen) atoms. The number of nitrogens with one attached hydrogen (secondary N) is 1. The fraction of sp³-hybridized carbons (Fsp3) is 0.375. The SMILES string of the molecule is CCCNCC/C=C(/C)c1cc2cccc(F)c2o1. The van der Waals surface area contributed by atoms with Crippen molar-refractivity contribution in [2.45, 2.75) is 26.7 Å². The lowest BCUT2D eigenvalue weighted by Gasteiger charge is -2.00. The topological polar surface area (TPSA) is 25.2 Å². The van der Waals surface area contributed by atoms with Gasteiger partial charge in [0.1, 0.15) is 5.76 Å². The van der Waals surface area contributed by atoms with E-state index >= 15 is 0 Å². The van der Waals surface area contributed by atoms with Gasteiger partial charge in [0.05, 0.1) is 0 Å². The minimum atomic E-state index is -0.304. The Morgan fingerprint density at radius 2 is 2.21 bits per heavy atom. The second-order valence-electron chi connectivity index (χ2n) is 4.69. The minimum Gasteiger partial charge on any atom is -0.453 e. The van der Waals surface area contributed by atoms with Crippen molar-refractivity contribution in [1.29, 1.82) is 0 Å². The highest BCUT2D eigenvalue weighted by Gasteiger charge is 2.08. The van der Waals surface area contributed by atoms with Crippen molar-refractivity contribution in [3.05, 3.63) is 41.9 Å². The maximum atomic E-state index is 13.5. The molecule has 0 aliphatic rings. The van der Waals surface area contributed by atoms with E-state index in [1.165, 1.54) is 6.07 Å². The first-order valence-electron chi connectivity index (χ1n) is 6.78. The number of allylic oxidation sites excluding steroid dienone is 1. The van der Waals surface area contributed by atoms with E-state index in [9.17, 15) is 4.39 Å². The van der Waals surface area contributed by atoms with Gasteiger partial charge in [0.2, 0.25) is 0 Å². The van der Waals surface area contributed by atoms with E-state index < -0.39 is 0 Å². The smallest absolute Gasteiger partial charge is 0.170 e. The average molecular weight is 261 g/mol. The van der Waals surface area contributed by atoms with Crippen LogP contribution in [0.25, 0.3) is 16.5 Å². The van der Waals surface area contributed by atoms with Crippen molar-refractivity contribution >= 4 is 16.5 Å². The first-order valence-corrected chi connectivity index (χ1v) is 6.78. The van der Waals surface area contributed by atoms with Gasteiger partial charge in [-0.1, -0.05) is 25.1 Å². The van der Waals surface area contributed by atoms with E-state index in [4.69, 9.17) is 4.42 Å². The van der Waals surface area contributed by atoms with Gasteiger partial charge >= 0.3 is 0 Å². The summed E-state index contributed by atoms with van der Waals surface area (Å²) in [5, 5.41) is 4.15. The number of fused-ring (bicyclic) bond motifs is 1. The first-order chi connectivity index (χ1) is 9.22. The van der Waals surface area contributed by atoms with Gasteiger partial charge in [-0.2, -0.15) is 0 Å². The van der Waals surface area contributed by atoms with Gasteiger partial charge in [-0.3, -0.25) is 0 Å². The quantitative estimate of drug-likeness (QED) is 0.781. The second kappa shape index (κ2) is 6.53. The number of rotatable bonds is 6. The normalized spacial score (nSPS) is 12.3. The maximum Gasteiger partial charge on any atom is 0.170 e. The Balaban J connectivity index is 2.06. The van der Waals surface area contributed by atoms with Crippen LogP contribution < -0.4 is 5.32 Å². The van der Waals surface area contributed by atoms with Gasteiger partial charge in [0, 0.05) is 5.39 Å². The molecule has 2 rings (SSSR count). The van der Waals surface area contributed by atoms with E-state index in [2.05, 4.69) is 18.3 Å². The molecule has 102 valence electrons. The zero-order valence-electron chi connectivity index (χ0n) is 11.5. The number of benzene rings is 1. The van der Waals surface area contributed by atoms with Gasteiger partial charge in [-0.05, 0) is 50.6 Å². The van der Waals surface area contributed by atoms with Crippen LogP contribution >= 0.6 is 0 Å². The lowest BCUT2D eigenvalue weighted by Crippen LogP contribution is -2.15. The third-order valence-corrected chi connectivity index (χ3v) is 3.08. The average Bonchev–Trinajstić information content (AvgIpc) is 2.84. The Morgan fingerprint density at radius 3 is 2.95 bits per heavy atom. The standard InChI is InChI=1S/C16H20FNO/c1-3-9-18-10-5-6-12(2)15-11-13-7-4-8-14(17)16(13)19-15/h4,6-8,11,18H,3,5,9-10H2,1-2H3/b12-6-. The number of furan rings is 1. The molecule has 0 radical (unpaired) electrons. The van der Waals surface area contributed by atoms with Crippen molar-refractivity contribution in [2.75, 3.05) is 13.1 Å². The number of halogens is 1. The van der Waals surface area contributed by atoms with Crippen LogP contribution in [0.3, 0.4) is 0 Å². The fourth-order valence-corrected chi connectivity index (χ4v) is 2.01. The molecule has 0 spiro atoms. The molecule has 0 aliphatic carbocycles. The van der Waals surface area contributed by atoms with Crippen molar-refractivity contribution in [2.24, 2.45) is 0 Å². The summed E-state index contributed by atoms with van der Waals surface area (Å²) in [6.45, 7) is 6.15. The molecule has 0 amide bonds. The molecule has 3 heteroatoms. The number of hydrogen-bond donors (Lipinski definition) is 1. The van der Waals surface area contributed by atoms with Gasteiger partial charge in [-0.25, -0.2) is 4.39 Å². The Kier molecular flexibility index (Phi) is 4.74. The minimum absolute atomic E-state index is 0.304. The molecule has 1 N–H and O–H groups in total. The molecular formula is C16H20FNO. The summed E-state index contributed by atoms with van der Waals surface area (Å²) in [6, 6.07) is 6.87. The molecule has 0 saturated heterocycles. The van der Waals surface area contributed by atoms with Crippen LogP contribution in [0.4, 0.5) is 4.39 Å². The van der Waals surface area contributed by atoms with E-state index in [-0.39, 0.29) is 5.82 Å². The molecule has 0 fully saturated rings. The Labute approximate surface area is 113 Å². The Bertz CT molecular complexity index is 571. The maximum absolute atomic E-state index is 13.5. The van der Waals surface area contributed by atoms with Crippen LogP contribution in [0, 0.1) is 5.82 Å². The third-order valence-electron chi connectivity index (χ3n) is 3.08. The van der Waals surface area contributed by atoms with Crippen LogP contribution in [0.15, 0.2) is 34.8 Å². The van der Waals surface area contributed by atoms with Crippen molar-refractivity contribution < 1.29 is 8.81 Å². The van der Waals surface area contributed by atoms with Gasteiger partial charge in [-0.15, -0.1) is 0 Å². The van der Waals surface area contributed by atoms with Crippen LogP contribution in [0.5, 0.6) is 0 Å². The predicted molar refractivity (Wildman–Crippen MR) is 77.6 cm³/mol. The van der Waals surface area contributed by atoms with Crippen LogP contribution in [-0.2, 0) is 0 Å². The molecule has 0 bridgehead atoms. The highest BCUT2D eigenvalue weighted by atomic mass is 19.1. The van der Waals surface area contributed by atoms with Gasteiger partial charge in [0.15, 0.2) is 11.4 Å². The van der Waals surface area contributed by atoms with Gasteiger partial charge < -0.3 is 9.73 Å². The number of hydrogen-bond acceptors (Lipinski definition) is 2. The second-order valence-corrected chi connectivity index (χ2v) is 4.69. The van der Waals surface area contributed by atoms with Crippen molar-refractivity contribution in [1.82, 2.24) is 5.32 Å². The van der Waals surface area contributed by atoms with Crippen molar-refractivity contribution in [3.8, 4) is 0 Å². The molecule has 1 aromatic heterocycles. The van der Waals surface area contributed by atoms with Gasteiger partial charge in [0.25, 0.3) is 0 Å². The molecule has 0 saturated carbocycles. The summed E-state index contributed by atoms with van der Waals surface area (Å²) in [6.07, 6.45) is 4.22. The largest absolute Gasteiger partial charge is 0.453 e. The summed E-state index contributed by atoms with van der Waals surface area (Å²) < 4.78 is 19.1. The highest BCUT2D eigenvalue weighted by molar-refractivity contribution is 5.82. The molecule has 0 unspecified atom stereocenters. The zero-order chi connectivity index (χ0) is 13.7. The van der Waals surface area contributed by atoms with E-state index in [0.717, 1.165) is 42.7 Å². The monoisotopic (exact) mass is 261 g/mol. The lowest BCUT2D eigenvalue weighted by atomic mass is 10.1. The Morgan fingerprint density at radius 1 is 1.37 bits per heavy atom. The molecular weight excluding hydrogens is 241 g/mol. The molecule has 0 aliphatic heterocycles. The molecule has 2 nitrogen and oxygen atoms in total. The van der Waals surface area contributed by atoms with E-state index in [1.807, 2.05) is 19.1 Å². The lowest BCUT2D eigenvalue weighted by molar-refractivity contribution is 0.551. The van der Waals surface area contributed by atoms with E-state index in [0.29, 0.717) is 5.58 Å². The summed E-state index contributed by atoms with van der Waals surface area (Å²) in [4.78, 5) is 0. The molecule has 0 atom stereocenters. The van der Waals surface area contributed by atoms with E-state index in [1.54, 1.807) is 6.07 Å².